The molecule has 1 fully saturated rings. The SMILES string of the molecule is COC(=O)CCN1CCN(S(=O)(=O)c2ccccc2Br)CC1.O=C(O)C(=O)O. The number of sulfonamides is 1. The molecule has 0 saturated carbocycles. The summed E-state index contributed by atoms with van der Waals surface area (Å²) in [5, 5.41) is 14.8. The van der Waals surface area contributed by atoms with Crippen molar-refractivity contribution in [1.29, 1.82) is 0 Å². The number of hydrogen-bond donors (Lipinski definition) is 2. The first-order valence-corrected chi connectivity index (χ1v) is 10.3. The summed E-state index contributed by atoms with van der Waals surface area (Å²) in [7, 11) is -2.12. The second-order valence-corrected chi connectivity index (χ2v) is 8.37. The van der Waals surface area contributed by atoms with Crippen LogP contribution in [0.3, 0.4) is 0 Å². The molecule has 2 N–H and O–H groups in total. The summed E-state index contributed by atoms with van der Waals surface area (Å²) in [6, 6.07) is 6.82. The summed E-state index contributed by atoms with van der Waals surface area (Å²) in [5.74, 6) is -3.90. The van der Waals surface area contributed by atoms with Gasteiger partial charge in [0, 0.05) is 37.2 Å². The number of nitrogens with zero attached hydrogens (tertiary/aromatic N) is 2. The molecule has 0 amide bonds. The first-order valence-electron chi connectivity index (χ1n) is 8.09. The van der Waals surface area contributed by atoms with Gasteiger partial charge in [-0.2, -0.15) is 4.31 Å². The number of aliphatic carboxylic acids is 2. The number of halogens is 1. The molecule has 0 radical (unpaired) electrons. The number of rotatable bonds is 5. The van der Waals surface area contributed by atoms with Crippen molar-refractivity contribution in [3.05, 3.63) is 28.7 Å². The third kappa shape index (κ3) is 7.19. The summed E-state index contributed by atoms with van der Waals surface area (Å²) < 4.78 is 31.9. The maximum Gasteiger partial charge on any atom is 0.414 e. The number of carboxylic acids is 2. The highest BCUT2D eigenvalue weighted by molar-refractivity contribution is 9.10. The number of hydrogen-bond acceptors (Lipinski definition) is 7. The fourth-order valence-corrected chi connectivity index (χ4v) is 4.72. The van der Waals surface area contributed by atoms with Gasteiger partial charge in [-0.15, -0.1) is 0 Å². The zero-order valence-electron chi connectivity index (χ0n) is 15.1. The lowest BCUT2D eigenvalue weighted by atomic mass is 10.3. The van der Waals surface area contributed by atoms with Gasteiger partial charge in [-0.3, -0.25) is 4.79 Å². The van der Waals surface area contributed by atoms with Gasteiger partial charge in [-0.05, 0) is 28.1 Å². The monoisotopic (exact) mass is 480 g/mol. The highest BCUT2D eigenvalue weighted by atomic mass is 79.9. The average molecular weight is 481 g/mol. The van der Waals surface area contributed by atoms with Crippen LogP contribution >= 0.6 is 15.9 Å². The third-order valence-electron chi connectivity index (χ3n) is 3.83. The van der Waals surface area contributed by atoms with Gasteiger partial charge >= 0.3 is 17.9 Å². The van der Waals surface area contributed by atoms with E-state index in [1.807, 2.05) is 0 Å². The largest absolute Gasteiger partial charge is 0.473 e. The summed E-state index contributed by atoms with van der Waals surface area (Å²) in [4.78, 5) is 31.7. The van der Waals surface area contributed by atoms with E-state index in [0.717, 1.165) is 0 Å². The van der Waals surface area contributed by atoms with Crippen LogP contribution in [0.15, 0.2) is 33.6 Å². The van der Waals surface area contributed by atoms with Crippen molar-refractivity contribution >= 4 is 43.9 Å². The predicted molar refractivity (Wildman–Crippen MR) is 101 cm³/mol. The fourth-order valence-electron chi connectivity index (χ4n) is 2.34. The van der Waals surface area contributed by atoms with E-state index in [2.05, 4.69) is 25.6 Å². The Morgan fingerprint density at radius 1 is 1.07 bits per heavy atom. The van der Waals surface area contributed by atoms with Crippen molar-refractivity contribution in [2.45, 2.75) is 11.3 Å². The molecule has 1 saturated heterocycles. The van der Waals surface area contributed by atoms with Gasteiger partial charge < -0.3 is 19.8 Å². The predicted octanol–water partition coefficient (Wildman–Crippen LogP) is 0.474. The van der Waals surface area contributed by atoms with Crippen LogP contribution in [0.25, 0.3) is 0 Å². The summed E-state index contributed by atoms with van der Waals surface area (Å²) in [5.41, 5.74) is 0. The molecule has 0 atom stereocenters. The normalized spacial score (nSPS) is 15.2. The smallest absolute Gasteiger partial charge is 0.414 e. The first-order chi connectivity index (χ1) is 13.1. The van der Waals surface area contributed by atoms with Crippen LogP contribution in [0.4, 0.5) is 0 Å². The van der Waals surface area contributed by atoms with Crippen LogP contribution in [0.5, 0.6) is 0 Å². The number of carboxylic acid groups (broad SMARTS) is 2. The van der Waals surface area contributed by atoms with Gasteiger partial charge in [0.2, 0.25) is 10.0 Å². The van der Waals surface area contributed by atoms with Crippen LogP contribution in [-0.4, -0.2) is 85.6 Å². The van der Waals surface area contributed by atoms with Crippen LogP contribution in [0.1, 0.15) is 6.42 Å². The van der Waals surface area contributed by atoms with Crippen molar-refractivity contribution in [1.82, 2.24) is 9.21 Å². The fraction of sp³-hybridized carbons (Fsp3) is 0.438. The molecule has 0 unspecified atom stereocenters. The van der Waals surface area contributed by atoms with Crippen molar-refractivity contribution in [3.8, 4) is 0 Å². The Balaban J connectivity index is 0.000000568. The molecule has 1 aromatic carbocycles. The second-order valence-electron chi connectivity index (χ2n) is 5.61. The standard InChI is InChI=1S/C14H19BrN2O4S.C2H2O4/c1-21-14(18)6-7-16-8-10-17(11-9-16)22(19,20)13-5-3-2-4-12(13)15;3-1(4)2(5)6/h2-5H,6-11H2,1H3;(H,3,4)(H,5,6). The van der Waals surface area contributed by atoms with Crippen LogP contribution in [-0.2, 0) is 29.1 Å². The van der Waals surface area contributed by atoms with E-state index in [1.165, 1.54) is 11.4 Å². The molecule has 0 spiro atoms. The third-order valence-corrected chi connectivity index (χ3v) is 6.74. The summed E-state index contributed by atoms with van der Waals surface area (Å²) in [6.07, 6.45) is 0.327. The van der Waals surface area contributed by atoms with Crippen molar-refractivity contribution in [2.24, 2.45) is 0 Å². The van der Waals surface area contributed by atoms with Crippen LogP contribution in [0, 0.1) is 0 Å². The molecule has 2 rings (SSSR count). The molecule has 0 bridgehead atoms. The maximum absolute atomic E-state index is 12.6. The maximum atomic E-state index is 12.6. The lowest BCUT2D eigenvalue weighted by Crippen LogP contribution is -2.49. The molecule has 1 heterocycles. The molecule has 10 nitrogen and oxygen atoms in total. The minimum Gasteiger partial charge on any atom is -0.473 e. The van der Waals surface area contributed by atoms with Crippen LogP contribution < -0.4 is 0 Å². The molecule has 0 aromatic heterocycles. The van der Waals surface area contributed by atoms with Gasteiger partial charge in [-0.1, -0.05) is 12.1 Å². The second kappa shape index (κ2) is 11.1. The van der Waals surface area contributed by atoms with Gasteiger partial charge in [0.25, 0.3) is 0 Å². The molecule has 156 valence electrons. The zero-order valence-corrected chi connectivity index (χ0v) is 17.5. The van der Waals surface area contributed by atoms with E-state index in [-0.39, 0.29) is 10.9 Å². The average Bonchev–Trinajstić information content (AvgIpc) is 2.67. The Morgan fingerprint density at radius 3 is 2.07 bits per heavy atom. The Morgan fingerprint density at radius 2 is 1.61 bits per heavy atom. The van der Waals surface area contributed by atoms with Crippen molar-refractivity contribution in [2.75, 3.05) is 39.8 Å². The number of benzene rings is 1. The minimum absolute atomic E-state index is 0.247. The van der Waals surface area contributed by atoms with Crippen molar-refractivity contribution < 1.29 is 37.8 Å². The molecule has 1 aliphatic heterocycles. The molecule has 1 aromatic rings. The number of methoxy groups -OCH3 is 1. The van der Waals surface area contributed by atoms with Gasteiger partial charge in [0.15, 0.2) is 0 Å². The highest BCUT2D eigenvalue weighted by Crippen LogP contribution is 2.25. The Labute approximate surface area is 170 Å². The van der Waals surface area contributed by atoms with E-state index in [9.17, 15) is 13.2 Å². The van der Waals surface area contributed by atoms with Crippen molar-refractivity contribution in [3.63, 3.8) is 0 Å². The molecule has 28 heavy (non-hydrogen) atoms. The summed E-state index contributed by atoms with van der Waals surface area (Å²) in [6.45, 7) is 2.66. The molecular weight excluding hydrogens is 460 g/mol. The molecule has 1 aliphatic rings. The van der Waals surface area contributed by atoms with Gasteiger partial charge in [0.1, 0.15) is 0 Å². The number of piperazine rings is 1. The number of carbonyl (C=O) groups excluding carboxylic acids is 1. The Hall–Kier alpha value is -2.02. The topological polar surface area (TPSA) is 142 Å². The van der Waals surface area contributed by atoms with E-state index in [4.69, 9.17) is 19.8 Å². The Bertz CT molecular complexity index is 795. The van der Waals surface area contributed by atoms with E-state index in [1.54, 1.807) is 24.3 Å². The first kappa shape index (κ1) is 24.0. The van der Waals surface area contributed by atoms with Gasteiger partial charge in [-0.25, -0.2) is 18.0 Å². The summed E-state index contributed by atoms with van der Waals surface area (Å²) >= 11 is 3.29. The van der Waals surface area contributed by atoms with Crippen LogP contribution in [0.2, 0.25) is 0 Å². The molecule has 12 heteroatoms. The lowest BCUT2D eigenvalue weighted by molar-refractivity contribution is -0.159. The zero-order chi connectivity index (χ0) is 21.3. The lowest BCUT2D eigenvalue weighted by Gasteiger charge is -2.33. The Kier molecular flexibility index (Phi) is 9.52. The van der Waals surface area contributed by atoms with E-state index < -0.39 is 22.0 Å². The van der Waals surface area contributed by atoms with Gasteiger partial charge in [0.05, 0.1) is 18.4 Å². The molecular formula is C16H21BrN2O8S. The molecule has 0 aliphatic carbocycles. The highest BCUT2D eigenvalue weighted by Gasteiger charge is 2.29. The number of esters is 1. The number of ether oxygens (including phenoxy) is 1. The minimum atomic E-state index is -3.48. The van der Waals surface area contributed by atoms with E-state index in [0.29, 0.717) is 43.6 Å². The van der Waals surface area contributed by atoms with E-state index >= 15 is 0 Å². The quantitative estimate of drug-likeness (QED) is 0.454. The number of carbonyl (C=O) groups is 3.